The van der Waals surface area contributed by atoms with Gasteiger partial charge in [0.25, 0.3) is 0 Å². The van der Waals surface area contributed by atoms with Crippen molar-refractivity contribution in [1.29, 1.82) is 0 Å². The predicted octanol–water partition coefficient (Wildman–Crippen LogP) is 4.54. The number of nitrogens with zero attached hydrogens (tertiary/aromatic N) is 3. The fourth-order valence-electron chi connectivity index (χ4n) is 3.93. The molecule has 1 saturated heterocycles. The lowest BCUT2D eigenvalue weighted by molar-refractivity contribution is 0.0225. The zero-order valence-corrected chi connectivity index (χ0v) is 19.2. The number of hydrogen-bond acceptors (Lipinski definition) is 6. The van der Waals surface area contributed by atoms with Gasteiger partial charge in [0.1, 0.15) is 10.8 Å². The van der Waals surface area contributed by atoms with Crippen molar-refractivity contribution >= 4 is 11.3 Å². The van der Waals surface area contributed by atoms with E-state index in [1.807, 2.05) is 18.2 Å². The average Bonchev–Trinajstić information content (AvgIpc) is 3.29. The Kier molecular flexibility index (Phi) is 7.70. The molecule has 0 spiro atoms. The van der Waals surface area contributed by atoms with E-state index in [2.05, 4.69) is 58.5 Å². The third-order valence-electron chi connectivity index (χ3n) is 5.71. The summed E-state index contributed by atoms with van der Waals surface area (Å²) < 4.78 is 10.9. The molecule has 2 heterocycles. The van der Waals surface area contributed by atoms with Crippen LogP contribution in [0.3, 0.4) is 0 Å². The van der Waals surface area contributed by atoms with Gasteiger partial charge in [0.2, 0.25) is 0 Å². The van der Waals surface area contributed by atoms with Gasteiger partial charge in [-0.25, -0.2) is 4.98 Å². The Balaban J connectivity index is 1.49. The lowest BCUT2D eigenvalue weighted by Gasteiger charge is -2.34. The van der Waals surface area contributed by atoms with E-state index >= 15 is 0 Å². The molecule has 1 unspecified atom stereocenters. The van der Waals surface area contributed by atoms with Gasteiger partial charge in [0.05, 0.1) is 26.0 Å². The number of ether oxygens (including phenoxy) is 2. The maximum absolute atomic E-state index is 5.52. The normalized spacial score (nSPS) is 15.8. The van der Waals surface area contributed by atoms with Crippen LogP contribution >= 0.6 is 11.3 Å². The van der Waals surface area contributed by atoms with Crippen LogP contribution in [0.1, 0.15) is 18.2 Å². The van der Waals surface area contributed by atoms with Crippen molar-refractivity contribution in [3.63, 3.8) is 0 Å². The van der Waals surface area contributed by atoms with Gasteiger partial charge in [-0.1, -0.05) is 42.5 Å². The van der Waals surface area contributed by atoms with Crippen molar-refractivity contribution in [1.82, 2.24) is 14.8 Å². The summed E-state index contributed by atoms with van der Waals surface area (Å²) in [4.78, 5) is 10.00. The van der Waals surface area contributed by atoms with Crippen molar-refractivity contribution in [2.24, 2.45) is 0 Å². The van der Waals surface area contributed by atoms with Crippen molar-refractivity contribution in [3.8, 4) is 16.3 Å². The van der Waals surface area contributed by atoms with Crippen LogP contribution < -0.4 is 4.74 Å². The van der Waals surface area contributed by atoms with E-state index in [0.717, 1.165) is 68.0 Å². The van der Waals surface area contributed by atoms with Crippen LogP contribution in [-0.2, 0) is 17.8 Å². The number of rotatable bonds is 9. The van der Waals surface area contributed by atoms with E-state index < -0.39 is 0 Å². The lowest BCUT2D eigenvalue weighted by atomic mass is 10.1. The zero-order chi connectivity index (χ0) is 21.5. The SMILES string of the molecule is COc1cccc(-c2nc(CN(Cc3ccccc3)C(C)CN3CCOCC3)cs2)c1. The van der Waals surface area contributed by atoms with Crippen molar-refractivity contribution in [2.75, 3.05) is 40.0 Å². The van der Waals surface area contributed by atoms with E-state index in [1.165, 1.54) is 5.56 Å². The van der Waals surface area contributed by atoms with Crippen LogP contribution in [0.25, 0.3) is 10.6 Å². The molecule has 4 rings (SSSR count). The number of hydrogen-bond donors (Lipinski definition) is 0. The standard InChI is InChI=1S/C25H31N3O2S/c1-20(16-27-11-13-30-14-12-27)28(17-21-7-4-3-5-8-21)18-23-19-31-25(26-23)22-9-6-10-24(15-22)29-2/h3-10,15,19-20H,11-14,16-18H2,1-2H3. The number of thiazole rings is 1. The van der Waals surface area contributed by atoms with Crippen LogP contribution in [0, 0.1) is 0 Å². The number of morpholine rings is 1. The Morgan fingerprint density at radius 2 is 1.90 bits per heavy atom. The summed E-state index contributed by atoms with van der Waals surface area (Å²) in [6.07, 6.45) is 0. The summed E-state index contributed by atoms with van der Waals surface area (Å²) >= 11 is 1.70. The largest absolute Gasteiger partial charge is 0.497 e. The Hall–Kier alpha value is -2.25. The fraction of sp³-hybridized carbons (Fsp3) is 0.400. The predicted molar refractivity (Wildman–Crippen MR) is 127 cm³/mol. The highest BCUT2D eigenvalue weighted by atomic mass is 32.1. The monoisotopic (exact) mass is 437 g/mol. The summed E-state index contributed by atoms with van der Waals surface area (Å²) in [6.45, 7) is 8.82. The molecule has 1 aliphatic rings. The van der Waals surface area contributed by atoms with Crippen molar-refractivity contribution in [3.05, 3.63) is 71.2 Å². The van der Waals surface area contributed by atoms with Gasteiger partial charge in [-0.2, -0.15) is 0 Å². The summed E-state index contributed by atoms with van der Waals surface area (Å²) in [6, 6.07) is 19.3. The third-order valence-corrected chi connectivity index (χ3v) is 6.65. The molecule has 0 bridgehead atoms. The Morgan fingerprint density at radius 3 is 2.68 bits per heavy atom. The first-order valence-electron chi connectivity index (χ1n) is 10.9. The molecule has 0 saturated carbocycles. The van der Waals surface area contributed by atoms with E-state index in [0.29, 0.717) is 6.04 Å². The molecule has 1 fully saturated rings. The molecule has 0 radical (unpaired) electrons. The van der Waals surface area contributed by atoms with E-state index in [1.54, 1.807) is 18.4 Å². The Morgan fingerprint density at radius 1 is 1.10 bits per heavy atom. The van der Waals surface area contributed by atoms with Crippen LogP contribution in [0.15, 0.2) is 60.0 Å². The summed E-state index contributed by atoms with van der Waals surface area (Å²) in [5.74, 6) is 0.860. The van der Waals surface area contributed by atoms with Gasteiger partial charge in [-0.3, -0.25) is 9.80 Å². The van der Waals surface area contributed by atoms with Crippen molar-refractivity contribution in [2.45, 2.75) is 26.1 Å². The highest BCUT2D eigenvalue weighted by molar-refractivity contribution is 7.13. The smallest absolute Gasteiger partial charge is 0.123 e. The molecule has 1 aromatic heterocycles. The zero-order valence-electron chi connectivity index (χ0n) is 18.4. The molecule has 31 heavy (non-hydrogen) atoms. The Bertz CT molecular complexity index is 941. The summed E-state index contributed by atoms with van der Waals surface area (Å²) in [7, 11) is 1.70. The molecule has 5 nitrogen and oxygen atoms in total. The molecule has 0 N–H and O–H groups in total. The third kappa shape index (κ3) is 6.14. The van der Waals surface area contributed by atoms with E-state index in [9.17, 15) is 0 Å². The maximum atomic E-state index is 5.52. The average molecular weight is 438 g/mol. The highest BCUT2D eigenvalue weighted by Crippen LogP contribution is 2.27. The van der Waals surface area contributed by atoms with Gasteiger partial charge in [-0.15, -0.1) is 11.3 Å². The second-order valence-electron chi connectivity index (χ2n) is 8.03. The molecule has 0 amide bonds. The molecule has 6 heteroatoms. The van der Waals surface area contributed by atoms with Crippen LogP contribution in [-0.4, -0.2) is 60.8 Å². The Labute approximate surface area is 189 Å². The molecule has 0 aliphatic carbocycles. The van der Waals surface area contributed by atoms with Gasteiger partial charge in [0, 0.05) is 49.7 Å². The first-order chi connectivity index (χ1) is 15.2. The topological polar surface area (TPSA) is 37.8 Å². The van der Waals surface area contributed by atoms with E-state index in [4.69, 9.17) is 14.5 Å². The lowest BCUT2D eigenvalue weighted by Crippen LogP contribution is -2.45. The second kappa shape index (κ2) is 10.9. The molecule has 1 atom stereocenters. The first kappa shape index (κ1) is 22.0. The fourth-order valence-corrected chi connectivity index (χ4v) is 4.74. The quantitative estimate of drug-likeness (QED) is 0.491. The molecule has 164 valence electrons. The molecule has 2 aromatic carbocycles. The van der Waals surface area contributed by atoms with Crippen LogP contribution in [0.5, 0.6) is 5.75 Å². The minimum Gasteiger partial charge on any atom is -0.497 e. The molecular formula is C25H31N3O2S. The van der Waals surface area contributed by atoms with Crippen molar-refractivity contribution < 1.29 is 9.47 Å². The minimum atomic E-state index is 0.417. The maximum Gasteiger partial charge on any atom is 0.123 e. The number of methoxy groups -OCH3 is 1. The summed E-state index contributed by atoms with van der Waals surface area (Å²) in [5.41, 5.74) is 3.55. The minimum absolute atomic E-state index is 0.417. The number of benzene rings is 2. The molecular weight excluding hydrogens is 406 g/mol. The van der Waals surface area contributed by atoms with Gasteiger partial charge in [-0.05, 0) is 24.6 Å². The number of aromatic nitrogens is 1. The van der Waals surface area contributed by atoms with Gasteiger partial charge in [0.15, 0.2) is 0 Å². The molecule has 3 aromatic rings. The van der Waals surface area contributed by atoms with Crippen LogP contribution in [0.2, 0.25) is 0 Å². The summed E-state index contributed by atoms with van der Waals surface area (Å²) in [5, 5.41) is 3.23. The van der Waals surface area contributed by atoms with Gasteiger partial charge >= 0.3 is 0 Å². The second-order valence-corrected chi connectivity index (χ2v) is 8.89. The van der Waals surface area contributed by atoms with Gasteiger partial charge < -0.3 is 9.47 Å². The molecule has 1 aliphatic heterocycles. The first-order valence-corrected chi connectivity index (χ1v) is 11.8. The van der Waals surface area contributed by atoms with Crippen LogP contribution in [0.4, 0.5) is 0 Å². The highest BCUT2D eigenvalue weighted by Gasteiger charge is 2.21. The van der Waals surface area contributed by atoms with E-state index in [-0.39, 0.29) is 0 Å².